The molecule has 1 aromatic rings. The predicted octanol–water partition coefficient (Wildman–Crippen LogP) is 2.21. The maximum atomic E-state index is 5.81. The SMILES string of the molecule is CCCNC(CCC1CCCCO1)c1cnnn1C. The molecule has 1 fully saturated rings. The second-order valence-corrected chi connectivity index (χ2v) is 5.36. The molecule has 0 aromatic carbocycles. The lowest BCUT2D eigenvalue weighted by Gasteiger charge is -2.25. The van der Waals surface area contributed by atoms with E-state index in [9.17, 15) is 0 Å². The van der Waals surface area contributed by atoms with Crippen molar-refractivity contribution in [2.45, 2.75) is 57.6 Å². The van der Waals surface area contributed by atoms with Gasteiger partial charge in [0.1, 0.15) is 0 Å². The zero-order chi connectivity index (χ0) is 13.5. The monoisotopic (exact) mass is 266 g/mol. The van der Waals surface area contributed by atoms with E-state index in [4.69, 9.17) is 4.74 Å². The van der Waals surface area contributed by atoms with E-state index in [1.165, 1.54) is 25.0 Å². The number of hydrogen-bond donors (Lipinski definition) is 1. The van der Waals surface area contributed by atoms with Crippen LogP contribution in [-0.2, 0) is 11.8 Å². The molecule has 0 saturated carbocycles. The van der Waals surface area contributed by atoms with Gasteiger partial charge in [-0.1, -0.05) is 12.1 Å². The van der Waals surface area contributed by atoms with Gasteiger partial charge in [0, 0.05) is 13.7 Å². The zero-order valence-corrected chi connectivity index (χ0v) is 12.1. The maximum Gasteiger partial charge on any atom is 0.0753 e. The molecule has 108 valence electrons. The third-order valence-corrected chi connectivity index (χ3v) is 3.80. The highest BCUT2D eigenvalue weighted by molar-refractivity contribution is 5.01. The van der Waals surface area contributed by atoms with Crippen molar-refractivity contribution >= 4 is 0 Å². The molecule has 2 rings (SSSR count). The lowest BCUT2D eigenvalue weighted by atomic mass is 10.00. The summed E-state index contributed by atoms with van der Waals surface area (Å²) in [4.78, 5) is 0. The van der Waals surface area contributed by atoms with Crippen LogP contribution in [0.3, 0.4) is 0 Å². The van der Waals surface area contributed by atoms with Crippen LogP contribution in [0.25, 0.3) is 0 Å². The maximum absolute atomic E-state index is 5.81. The summed E-state index contributed by atoms with van der Waals surface area (Å²) >= 11 is 0. The number of aryl methyl sites for hydroxylation is 1. The number of aromatic nitrogens is 3. The van der Waals surface area contributed by atoms with Crippen LogP contribution in [0.15, 0.2) is 6.20 Å². The lowest BCUT2D eigenvalue weighted by molar-refractivity contribution is 0.00842. The number of nitrogens with zero attached hydrogens (tertiary/aromatic N) is 3. The average Bonchev–Trinajstić information content (AvgIpc) is 2.86. The minimum absolute atomic E-state index is 0.338. The molecule has 1 N–H and O–H groups in total. The topological polar surface area (TPSA) is 52.0 Å². The number of nitrogens with one attached hydrogen (secondary N) is 1. The first-order valence-electron chi connectivity index (χ1n) is 7.50. The van der Waals surface area contributed by atoms with Gasteiger partial charge >= 0.3 is 0 Å². The Morgan fingerprint density at radius 1 is 1.53 bits per heavy atom. The normalized spacial score (nSPS) is 21.5. The Hall–Kier alpha value is -0.940. The summed E-state index contributed by atoms with van der Waals surface area (Å²) in [6.07, 6.45) is 9.41. The highest BCUT2D eigenvalue weighted by atomic mass is 16.5. The molecule has 2 unspecified atom stereocenters. The van der Waals surface area contributed by atoms with Crippen molar-refractivity contribution in [2.75, 3.05) is 13.2 Å². The van der Waals surface area contributed by atoms with Crippen LogP contribution in [-0.4, -0.2) is 34.2 Å². The van der Waals surface area contributed by atoms with Crippen LogP contribution in [0, 0.1) is 0 Å². The molecule has 1 aliphatic rings. The smallest absolute Gasteiger partial charge is 0.0753 e. The summed E-state index contributed by atoms with van der Waals surface area (Å²) in [7, 11) is 1.96. The van der Waals surface area contributed by atoms with Crippen molar-refractivity contribution in [1.29, 1.82) is 0 Å². The van der Waals surface area contributed by atoms with Gasteiger partial charge < -0.3 is 10.1 Å². The van der Waals surface area contributed by atoms with Crippen LogP contribution in [0.5, 0.6) is 0 Å². The van der Waals surface area contributed by atoms with Crippen LogP contribution < -0.4 is 5.32 Å². The van der Waals surface area contributed by atoms with Gasteiger partial charge in [-0.3, -0.25) is 4.68 Å². The van der Waals surface area contributed by atoms with Crippen LogP contribution in [0.1, 0.15) is 57.2 Å². The summed E-state index contributed by atoms with van der Waals surface area (Å²) in [6, 6.07) is 0.338. The number of ether oxygens (including phenoxy) is 1. The molecule has 0 amide bonds. The fraction of sp³-hybridized carbons (Fsp3) is 0.857. The molecule has 0 spiro atoms. The zero-order valence-electron chi connectivity index (χ0n) is 12.1. The Bertz CT molecular complexity index is 360. The molecule has 1 saturated heterocycles. The first kappa shape index (κ1) is 14.5. The molecular weight excluding hydrogens is 240 g/mol. The summed E-state index contributed by atoms with van der Waals surface area (Å²) in [5.41, 5.74) is 1.17. The molecule has 2 heterocycles. The molecule has 2 atom stereocenters. The van der Waals surface area contributed by atoms with Crippen molar-refractivity contribution in [3.8, 4) is 0 Å². The highest BCUT2D eigenvalue weighted by Gasteiger charge is 2.19. The largest absolute Gasteiger partial charge is 0.378 e. The molecule has 1 aliphatic heterocycles. The van der Waals surface area contributed by atoms with E-state index in [0.717, 1.165) is 32.4 Å². The highest BCUT2D eigenvalue weighted by Crippen LogP contribution is 2.23. The summed E-state index contributed by atoms with van der Waals surface area (Å²) in [6.45, 7) is 4.15. The molecule has 5 nitrogen and oxygen atoms in total. The number of rotatable bonds is 7. The van der Waals surface area contributed by atoms with Crippen LogP contribution in [0.2, 0.25) is 0 Å². The third-order valence-electron chi connectivity index (χ3n) is 3.80. The van der Waals surface area contributed by atoms with Crippen molar-refractivity contribution in [1.82, 2.24) is 20.3 Å². The van der Waals surface area contributed by atoms with E-state index >= 15 is 0 Å². The van der Waals surface area contributed by atoms with Crippen molar-refractivity contribution in [3.05, 3.63) is 11.9 Å². The molecule has 19 heavy (non-hydrogen) atoms. The Morgan fingerprint density at radius 3 is 3.05 bits per heavy atom. The fourth-order valence-corrected chi connectivity index (χ4v) is 2.67. The molecule has 0 aliphatic carbocycles. The molecule has 0 radical (unpaired) electrons. The second-order valence-electron chi connectivity index (χ2n) is 5.36. The van der Waals surface area contributed by atoms with Gasteiger partial charge in [-0.05, 0) is 45.1 Å². The van der Waals surface area contributed by atoms with Crippen LogP contribution >= 0.6 is 0 Å². The van der Waals surface area contributed by atoms with E-state index in [1.807, 2.05) is 17.9 Å². The third kappa shape index (κ3) is 4.28. The van der Waals surface area contributed by atoms with E-state index in [1.54, 1.807) is 0 Å². The molecule has 5 heteroatoms. The minimum atomic E-state index is 0.338. The summed E-state index contributed by atoms with van der Waals surface area (Å²) in [5, 5.41) is 11.6. The van der Waals surface area contributed by atoms with Gasteiger partial charge in [0.15, 0.2) is 0 Å². The van der Waals surface area contributed by atoms with Gasteiger partial charge in [-0.15, -0.1) is 5.10 Å². The number of hydrogen-bond acceptors (Lipinski definition) is 4. The minimum Gasteiger partial charge on any atom is -0.378 e. The van der Waals surface area contributed by atoms with Gasteiger partial charge in [-0.2, -0.15) is 0 Å². The Morgan fingerprint density at radius 2 is 2.42 bits per heavy atom. The summed E-state index contributed by atoms with van der Waals surface area (Å²) < 4.78 is 7.68. The first-order valence-corrected chi connectivity index (χ1v) is 7.50. The average molecular weight is 266 g/mol. The molecule has 1 aromatic heterocycles. The van der Waals surface area contributed by atoms with E-state index in [-0.39, 0.29) is 0 Å². The quantitative estimate of drug-likeness (QED) is 0.822. The first-order chi connectivity index (χ1) is 9.31. The van der Waals surface area contributed by atoms with Gasteiger partial charge in [0.05, 0.1) is 24.0 Å². The standard InChI is InChI=1S/C14H26N4O/c1-3-9-15-13(14-11-16-17-18(14)2)8-7-12-6-4-5-10-19-12/h11-13,15H,3-10H2,1-2H3. The van der Waals surface area contributed by atoms with Crippen molar-refractivity contribution in [3.63, 3.8) is 0 Å². The van der Waals surface area contributed by atoms with E-state index in [0.29, 0.717) is 12.1 Å². The Balaban J connectivity index is 1.88. The van der Waals surface area contributed by atoms with Crippen molar-refractivity contribution < 1.29 is 4.74 Å². The van der Waals surface area contributed by atoms with E-state index in [2.05, 4.69) is 22.6 Å². The van der Waals surface area contributed by atoms with E-state index < -0.39 is 0 Å². The van der Waals surface area contributed by atoms with Gasteiger partial charge in [0.2, 0.25) is 0 Å². The fourth-order valence-electron chi connectivity index (χ4n) is 2.67. The second kappa shape index (κ2) is 7.60. The van der Waals surface area contributed by atoms with Gasteiger partial charge in [-0.25, -0.2) is 0 Å². The summed E-state index contributed by atoms with van der Waals surface area (Å²) in [5.74, 6) is 0. The lowest BCUT2D eigenvalue weighted by Crippen LogP contribution is -2.27. The molecule has 0 bridgehead atoms. The Kier molecular flexibility index (Phi) is 5.79. The van der Waals surface area contributed by atoms with Crippen LogP contribution in [0.4, 0.5) is 0 Å². The Labute approximate surface area is 115 Å². The molecular formula is C14H26N4O. The van der Waals surface area contributed by atoms with Crippen molar-refractivity contribution in [2.24, 2.45) is 7.05 Å². The predicted molar refractivity (Wildman–Crippen MR) is 74.9 cm³/mol. The van der Waals surface area contributed by atoms with Gasteiger partial charge in [0.25, 0.3) is 0 Å².